The molecule has 0 amide bonds. The number of rotatable bonds is 31. The second-order valence-electron chi connectivity index (χ2n) is 22.5. The molecule has 0 aromatic heterocycles. The average molecular weight is 890 g/mol. The van der Waals surface area contributed by atoms with Gasteiger partial charge in [-0.05, 0) is 130 Å². The van der Waals surface area contributed by atoms with Crippen molar-refractivity contribution in [3.8, 4) is 0 Å². The Kier molecular flexibility index (Phi) is 22.8. The van der Waals surface area contributed by atoms with E-state index < -0.39 is 13.9 Å². The fourth-order valence-corrected chi connectivity index (χ4v) is 13.1. The lowest BCUT2D eigenvalue weighted by atomic mass is 9.47. The standard InChI is InChI=1S/C53H96NO7P/c1-10-11-12-13-14-15-16-17-18-19-20-21-22-23-24-28-51(55)61-46(41-60-62(56,57)59-38-37-54(7,8)9)40-58-45-33-35-52(5)44(39-45)29-30-47-49-32-31-48(43(4)27-25-26-42(2)3)53(49,6)36-34-50(47)52/h17-18,29,42-43,45-50H,10-16,19-28,30-41H2,1-9H3/b18-17-/t43-,45?,46?,47?,48-,49?,50?,52+,53-/m1/s1. The predicted octanol–water partition coefficient (Wildman–Crippen LogP) is 13.6. The summed E-state index contributed by atoms with van der Waals surface area (Å²) >= 11 is 0. The van der Waals surface area contributed by atoms with Crippen molar-refractivity contribution >= 4 is 13.8 Å². The van der Waals surface area contributed by atoms with Crippen LogP contribution in [-0.4, -0.2) is 70.2 Å². The minimum atomic E-state index is -4.58. The van der Waals surface area contributed by atoms with Crippen LogP contribution in [0.4, 0.5) is 0 Å². The number of carbonyl (C=O) groups is 1. The maximum absolute atomic E-state index is 13.1. The summed E-state index contributed by atoms with van der Waals surface area (Å²) in [6, 6.07) is 0. The lowest BCUT2D eigenvalue weighted by Gasteiger charge is -2.58. The molecule has 10 atom stereocenters. The van der Waals surface area contributed by atoms with E-state index in [-0.39, 0.29) is 37.3 Å². The Balaban J connectivity index is 1.24. The number of esters is 1. The third-order valence-corrected chi connectivity index (χ3v) is 17.1. The number of hydrogen-bond acceptors (Lipinski definition) is 7. The lowest BCUT2D eigenvalue weighted by molar-refractivity contribution is -0.870. The van der Waals surface area contributed by atoms with Crippen molar-refractivity contribution in [2.24, 2.45) is 46.3 Å². The fourth-order valence-electron chi connectivity index (χ4n) is 12.4. The number of carbonyl (C=O) groups excluding carboxylic acids is 1. The molecule has 8 nitrogen and oxygen atoms in total. The lowest BCUT2D eigenvalue weighted by Crippen LogP contribution is -2.51. The number of fused-ring (bicyclic) bond motifs is 5. The van der Waals surface area contributed by atoms with Crippen molar-refractivity contribution < 1.29 is 37.3 Å². The molecule has 3 fully saturated rings. The van der Waals surface area contributed by atoms with Crippen LogP contribution in [0, 0.1) is 46.3 Å². The van der Waals surface area contributed by atoms with E-state index in [4.69, 9.17) is 18.5 Å². The minimum absolute atomic E-state index is 0.00809. The van der Waals surface area contributed by atoms with E-state index in [1.807, 2.05) is 21.1 Å². The molecule has 4 rings (SSSR count). The summed E-state index contributed by atoms with van der Waals surface area (Å²) in [6.07, 6.45) is 36.0. The van der Waals surface area contributed by atoms with Gasteiger partial charge in [0.1, 0.15) is 19.3 Å². The van der Waals surface area contributed by atoms with Gasteiger partial charge in [0.25, 0.3) is 7.82 Å². The summed E-state index contributed by atoms with van der Waals surface area (Å²) in [4.78, 5) is 25.8. The first-order chi connectivity index (χ1) is 29.5. The van der Waals surface area contributed by atoms with Crippen LogP contribution in [0.2, 0.25) is 0 Å². The first kappa shape index (κ1) is 53.6. The zero-order valence-electron chi connectivity index (χ0n) is 41.6. The largest absolute Gasteiger partial charge is 0.756 e. The summed E-state index contributed by atoms with van der Waals surface area (Å²) in [5.41, 5.74) is 2.24. The molecule has 62 heavy (non-hydrogen) atoms. The zero-order valence-corrected chi connectivity index (χ0v) is 42.5. The highest BCUT2D eigenvalue weighted by Gasteiger charge is 2.59. The molecule has 0 N–H and O–H groups in total. The smallest absolute Gasteiger partial charge is 0.306 e. The van der Waals surface area contributed by atoms with Gasteiger partial charge in [0.05, 0.1) is 40.5 Å². The monoisotopic (exact) mass is 890 g/mol. The van der Waals surface area contributed by atoms with Gasteiger partial charge in [-0.1, -0.05) is 136 Å². The number of unbranched alkanes of at least 4 members (excludes halogenated alkanes) is 11. The van der Waals surface area contributed by atoms with Crippen molar-refractivity contribution in [2.45, 2.75) is 214 Å². The minimum Gasteiger partial charge on any atom is -0.756 e. The number of hydrogen-bond donors (Lipinski definition) is 0. The van der Waals surface area contributed by atoms with E-state index in [2.05, 4.69) is 59.8 Å². The molecule has 6 unspecified atom stereocenters. The molecule has 9 heteroatoms. The Morgan fingerprint density at radius 2 is 1.52 bits per heavy atom. The van der Waals surface area contributed by atoms with Crippen LogP contribution < -0.4 is 4.89 Å². The molecule has 4 aliphatic rings. The molecule has 0 aromatic carbocycles. The quantitative estimate of drug-likeness (QED) is 0.0225. The van der Waals surface area contributed by atoms with Crippen molar-refractivity contribution in [3.05, 3.63) is 23.8 Å². The number of allylic oxidation sites excluding steroid dienone is 3. The van der Waals surface area contributed by atoms with Crippen LogP contribution in [0.25, 0.3) is 0 Å². The summed E-state index contributed by atoms with van der Waals surface area (Å²) in [5.74, 6) is 4.50. The van der Waals surface area contributed by atoms with E-state index in [0.717, 1.165) is 86.9 Å². The summed E-state index contributed by atoms with van der Waals surface area (Å²) in [5, 5.41) is 0. The Labute approximate surface area is 381 Å². The normalized spacial score (nSPS) is 29.5. The van der Waals surface area contributed by atoms with Gasteiger partial charge in [0.15, 0.2) is 0 Å². The van der Waals surface area contributed by atoms with Gasteiger partial charge < -0.3 is 27.9 Å². The summed E-state index contributed by atoms with van der Waals surface area (Å²) in [6.45, 7) is 15.1. The van der Waals surface area contributed by atoms with Gasteiger partial charge in [0.2, 0.25) is 0 Å². The van der Waals surface area contributed by atoms with Crippen LogP contribution in [0.5, 0.6) is 0 Å². The maximum atomic E-state index is 13.1. The summed E-state index contributed by atoms with van der Waals surface area (Å²) < 4.78 is 36.2. The average Bonchev–Trinajstić information content (AvgIpc) is 3.57. The zero-order chi connectivity index (χ0) is 45.2. The van der Waals surface area contributed by atoms with Gasteiger partial charge in [-0.25, -0.2) is 0 Å². The van der Waals surface area contributed by atoms with Gasteiger partial charge in [-0.2, -0.15) is 0 Å². The van der Waals surface area contributed by atoms with E-state index in [9.17, 15) is 14.3 Å². The molecule has 0 heterocycles. The Hall–Kier alpha value is -1.02. The molecule has 0 aliphatic heterocycles. The molecular formula is C53H96NO7P. The van der Waals surface area contributed by atoms with Crippen LogP contribution in [0.15, 0.2) is 23.8 Å². The molecule has 0 bridgehead atoms. The number of nitrogens with zero attached hydrogens (tertiary/aromatic N) is 1. The maximum Gasteiger partial charge on any atom is 0.306 e. The molecule has 0 spiro atoms. The van der Waals surface area contributed by atoms with Gasteiger partial charge in [-0.3, -0.25) is 9.36 Å². The molecule has 0 aromatic rings. The Bertz CT molecular complexity index is 1410. The fraction of sp³-hybridized carbons (Fsp3) is 0.906. The number of quaternary nitrogens is 1. The Morgan fingerprint density at radius 3 is 2.19 bits per heavy atom. The highest BCUT2D eigenvalue weighted by atomic mass is 31.2. The van der Waals surface area contributed by atoms with Gasteiger partial charge in [0, 0.05) is 6.42 Å². The molecular weight excluding hydrogens is 794 g/mol. The highest BCUT2D eigenvalue weighted by Crippen LogP contribution is 2.67. The third-order valence-electron chi connectivity index (χ3n) is 16.1. The van der Waals surface area contributed by atoms with Crippen molar-refractivity contribution in [3.63, 3.8) is 0 Å². The van der Waals surface area contributed by atoms with Crippen LogP contribution in [0.3, 0.4) is 0 Å². The van der Waals surface area contributed by atoms with Crippen molar-refractivity contribution in [2.75, 3.05) is 47.5 Å². The van der Waals surface area contributed by atoms with Crippen LogP contribution >= 0.6 is 7.82 Å². The number of likely N-dealkylation sites (N-methyl/N-ethyl adjacent to an activating group) is 1. The van der Waals surface area contributed by atoms with E-state index in [0.29, 0.717) is 22.9 Å². The predicted molar refractivity (Wildman–Crippen MR) is 255 cm³/mol. The molecule has 0 saturated heterocycles. The third kappa shape index (κ3) is 17.3. The van der Waals surface area contributed by atoms with Crippen LogP contribution in [0.1, 0.15) is 202 Å². The number of ether oxygens (including phenoxy) is 2. The second kappa shape index (κ2) is 26.4. The molecule has 360 valence electrons. The van der Waals surface area contributed by atoms with Crippen LogP contribution in [-0.2, 0) is 27.9 Å². The Morgan fingerprint density at radius 1 is 0.839 bits per heavy atom. The molecule has 3 saturated carbocycles. The van der Waals surface area contributed by atoms with E-state index >= 15 is 0 Å². The second-order valence-corrected chi connectivity index (χ2v) is 23.9. The highest BCUT2D eigenvalue weighted by molar-refractivity contribution is 7.45. The van der Waals surface area contributed by atoms with Gasteiger partial charge >= 0.3 is 5.97 Å². The van der Waals surface area contributed by atoms with E-state index in [1.165, 1.54) is 103 Å². The first-order valence-electron chi connectivity index (χ1n) is 26.0. The first-order valence-corrected chi connectivity index (χ1v) is 27.5. The SMILES string of the molecule is CCCCCCCC/C=C\CCCCCCCC(=O)OC(COC1CC[C@@]2(C)C(=CCC3C2CC[C@@]2(C)C3CC[C@@H]2[C@H](C)CCCC(C)C)C1)COP(=O)([O-])OCC[N+](C)(C)C. The van der Waals surface area contributed by atoms with Crippen molar-refractivity contribution in [1.82, 2.24) is 0 Å². The number of phosphoric acid groups is 1. The molecule has 0 radical (unpaired) electrons. The molecule has 4 aliphatic carbocycles. The van der Waals surface area contributed by atoms with Crippen molar-refractivity contribution in [1.29, 1.82) is 0 Å². The topological polar surface area (TPSA) is 94.1 Å². The number of phosphoric ester groups is 1. The summed E-state index contributed by atoms with van der Waals surface area (Å²) in [7, 11) is 1.35. The van der Waals surface area contributed by atoms with E-state index in [1.54, 1.807) is 5.57 Å². The van der Waals surface area contributed by atoms with Gasteiger partial charge in [-0.15, -0.1) is 0 Å².